The first kappa shape index (κ1) is 11.7. The first-order valence-electron chi connectivity index (χ1n) is 5.35. The molecule has 0 unspecified atom stereocenters. The molecule has 0 fully saturated rings. The average Bonchev–Trinajstić information content (AvgIpc) is 2.21. The van der Waals surface area contributed by atoms with Gasteiger partial charge in [0, 0.05) is 12.1 Å². The Morgan fingerprint density at radius 3 is 2.33 bits per heavy atom. The molecule has 0 spiro atoms. The van der Waals surface area contributed by atoms with Gasteiger partial charge in [0.2, 0.25) is 0 Å². The Morgan fingerprint density at radius 2 is 1.93 bits per heavy atom. The van der Waals surface area contributed by atoms with E-state index in [1.165, 1.54) is 5.56 Å². The van der Waals surface area contributed by atoms with Gasteiger partial charge in [-0.05, 0) is 36.8 Å². The molecule has 3 nitrogen and oxygen atoms in total. The predicted molar refractivity (Wildman–Crippen MR) is 61.2 cm³/mol. The van der Waals surface area contributed by atoms with Gasteiger partial charge in [0.25, 0.3) is 5.69 Å². The average molecular weight is 207 g/mol. The fourth-order valence-electron chi connectivity index (χ4n) is 1.96. The number of hydrogen-bond donors (Lipinski definition) is 0. The van der Waals surface area contributed by atoms with Crippen LogP contribution in [0.4, 0.5) is 5.69 Å². The van der Waals surface area contributed by atoms with Crippen LogP contribution < -0.4 is 0 Å². The summed E-state index contributed by atoms with van der Waals surface area (Å²) in [5, 5.41) is 10.6. The second-order valence-electron chi connectivity index (χ2n) is 3.81. The molecule has 15 heavy (non-hydrogen) atoms. The van der Waals surface area contributed by atoms with Gasteiger partial charge in [0.15, 0.2) is 0 Å². The van der Waals surface area contributed by atoms with Crippen LogP contribution in [0.25, 0.3) is 0 Å². The zero-order valence-corrected chi connectivity index (χ0v) is 9.49. The van der Waals surface area contributed by atoms with Crippen molar-refractivity contribution in [2.45, 2.75) is 39.5 Å². The summed E-state index contributed by atoms with van der Waals surface area (Å²) in [7, 11) is 0. The van der Waals surface area contributed by atoms with Crippen molar-refractivity contribution in [1.82, 2.24) is 0 Å². The van der Waals surface area contributed by atoms with E-state index < -0.39 is 0 Å². The second kappa shape index (κ2) is 4.91. The third kappa shape index (κ3) is 2.55. The van der Waals surface area contributed by atoms with Crippen LogP contribution in [0.1, 0.15) is 43.7 Å². The van der Waals surface area contributed by atoms with E-state index in [4.69, 9.17) is 0 Å². The highest BCUT2D eigenvalue weighted by Gasteiger charge is 2.13. The maximum absolute atomic E-state index is 10.6. The highest BCUT2D eigenvalue weighted by Crippen LogP contribution is 2.28. The number of rotatable bonds is 4. The minimum absolute atomic E-state index is 0.183. The molecule has 0 radical (unpaired) electrons. The summed E-state index contributed by atoms with van der Waals surface area (Å²) in [6, 6.07) is 5.15. The summed E-state index contributed by atoms with van der Waals surface area (Å²) in [6.45, 7) is 6.24. The Kier molecular flexibility index (Phi) is 3.83. The third-order valence-electron chi connectivity index (χ3n) is 2.89. The number of nitrogens with zero attached hydrogens (tertiary/aromatic N) is 1. The normalized spacial score (nSPS) is 10.7. The van der Waals surface area contributed by atoms with E-state index in [-0.39, 0.29) is 10.6 Å². The highest BCUT2D eigenvalue weighted by atomic mass is 16.6. The predicted octanol–water partition coefficient (Wildman–Crippen LogP) is 3.81. The number of nitro benzene ring substituents is 1. The molecule has 0 saturated carbocycles. The van der Waals surface area contributed by atoms with Gasteiger partial charge in [0.1, 0.15) is 0 Å². The molecular weight excluding hydrogens is 190 g/mol. The smallest absolute Gasteiger partial charge is 0.258 e. The minimum atomic E-state index is -0.344. The monoisotopic (exact) mass is 207 g/mol. The molecule has 0 aliphatic heterocycles. The third-order valence-corrected chi connectivity index (χ3v) is 2.89. The quantitative estimate of drug-likeness (QED) is 0.556. The number of hydrogen-bond acceptors (Lipinski definition) is 2. The van der Waals surface area contributed by atoms with E-state index >= 15 is 0 Å². The summed E-state index contributed by atoms with van der Waals surface area (Å²) in [5.74, 6) is 0.519. The molecule has 0 heterocycles. The molecule has 0 amide bonds. The van der Waals surface area contributed by atoms with Gasteiger partial charge in [-0.25, -0.2) is 0 Å². The van der Waals surface area contributed by atoms with Crippen molar-refractivity contribution < 1.29 is 4.92 Å². The zero-order valence-electron chi connectivity index (χ0n) is 9.49. The van der Waals surface area contributed by atoms with E-state index in [9.17, 15) is 10.1 Å². The summed E-state index contributed by atoms with van der Waals surface area (Å²) in [6.07, 6.45) is 2.16. The van der Waals surface area contributed by atoms with Crippen LogP contribution in [0.5, 0.6) is 0 Å². The van der Waals surface area contributed by atoms with Gasteiger partial charge in [-0.2, -0.15) is 0 Å². The highest BCUT2D eigenvalue weighted by molar-refractivity contribution is 5.40. The fourth-order valence-corrected chi connectivity index (χ4v) is 1.96. The molecule has 82 valence electrons. The van der Waals surface area contributed by atoms with Gasteiger partial charge >= 0.3 is 0 Å². The Morgan fingerprint density at radius 1 is 1.33 bits per heavy atom. The Balaban J connectivity index is 3.07. The molecule has 0 N–H and O–H groups in total. The topological polar surface area (TPSA) is 43.1 Å². The number of nitro groups is 1. The van der Waals surface area contributed by atoms with Crippen LogP contribution in [0, 0.1) is 17.0 Å². The fraction of sp³-hybridized carbons (Fsp3) is 0.500. The van der Waals surface area contributed by atoms with Gasteiger partial charge in [0.05, 0.1) is 4.92 Å². The molecule has 0 atom stereocenters. The molecule has 1 aromatic rings. The van der Waals surface area contributed by atoms with E-state index in [2.05, 4.69) is 13.8 Å². The van der Waals surface area contributed by atoms with Crippen LogP contribution in [0.2, 0.25) is 0 Å². The minimum Gasteiger partial charge on any atom is -0.258 e. The lowest BCUT2D eigenvalue weighted by Gasteiger charge is -2.15. The van der Waals surface area contributed by atoms with Crippen LogP contribution >= 0.6 is 0 Å². The summed E-state index contributed by atoms with van der Waals surface area (Å²) < 4.78 is 0. The van der Waals surface area contributed by atoms with Gasteiger partial charge in [-0.1, -0.05) is 19.9 Å². The Bertz CT molecular complexity index is 357. The first-order chi connectivity index (χ1) is 7.10. The van der Waals surface area contributed by atoms with Crippen LogP contribution in [-0.4, -0.2) is 4.92 Å². The van der Waals surface area contributed by atoms with Crippen molar-refractivity contribution in [3.63, 3.8) is 0 Å². The lowest BCUT2D eigenvalue weighted by Crippen LogP contribution is -1.99. The maximum Gasteiger partial charge on any atom is 0.269 e. The van der Waals surface area contributed by atoms with Crippen LogP contribution in [0.15, 0.2) is 18.2 Å². The van der Waals surface area contributed by atoms with Crippen LogP contribution in [0.3, 0.4) is 0 Å². The van der Waals surface area contributed by atoms with Crippen molar-refractivity contribution in [2.75, 3.05) is 0 Å². The lowest BCUT2D eigenvalue weighted by atomic mass is 9.90. The van der Waals surface area contributed by atoms with Gasteiger partial charge < -0.3 is 0 Å². The van der Waals surface area contributed by atoms with Gasteiger partial charge in [-0.3, -0.25) is 10.1 Å². The van der Waals surface area contributed by atoms with E-state index in [1.807, 2.05) is 13.0 Å². The molecule has 0 bridgehead atoms. The Labute approximate surface area is 90.3 Å². The zero-order chi connectivity index (χ0) is 11.4. The van der Waals surface area contributed by atoms with Crippen LogP contribution in [-0.2, 0) is 0 Å². The summed E-state index contributed by atoms with van der Waals surface area (Å²) >= 11 is 0. The van der Waals surface area contributed by atoms with E-state index in [0.717, 1.165) is 18.4 Å². The summed E-state index contributed by atoms with van der Waals surface area (Å²) in [5.41, 5.74) is 2.45. The second-order valence-corrected chi connectivity index (χ2v) is 3.81. The molecule has 1 rings (SSSR count). The lowest BCUT2D eigenvalue weighted by molar-refractivity contribution is -0.384. The SMILES string of the molecule is CCC(CC)c1ccc([N+](=O)[O-])cc1C. The molecule has 0 aliphatic carbocycles. The largest absolute Gasteiger partial charge is 0.269 e. The van der Waals surface area contributed by atoms with E-state index in [1.54, 1.807) is 12.1 Å². The van der Waals surface area contributed by atoms with Crippen molar-refractivity contribution >= 4 is 5.69 Å². The van der Waals surface area contributed by atoms with Crippen molar-refractivity contribution in [3.05, 3.63) is 39.4 Å². The van der Waals surface area contributed by atoms with Gasteiger partial charge in [-0.15, -0.1) is 0 Å². The molecule has 3 heteroatoms. The standard InChI is InChI=1S/C12H17NO2/c1-4-10(5-2)12-7-6-11(13(14)15)8-9(12)3/h6-8,10H,4-5H2,1-3H3. The van der Waals surface area contributed by atoms with Crippen molar-refractivity contribution in [3.8, 4) is 0 Å². The molecule has 0 saturated heterocycles. The number of non-ortho nitro benzene ring substituents is 1. The number of aryl methyl sites for hydroxylation is 1. The Hall–Kier alpha value is -1.38. The molecule has 0 aromatic heterocycles. The maximum atomic E-state index is 10.6. The molecular formula is C12H17NO2. The first-order valence-corrected chi connectivity index (χ1v) is 5.35. The summed E-state index contributed by atoms with van der Waals surface area (Å²) in [4.78, 5) is 10.2. The van der Waals surface area contributed by atoms with Crippen molar-refractivity contribution in [1.29, 1.82) is 0 Å². The molecule has 1 aromatic carbocycles. The number of benzene rings is 1. The van der Waals surface area contributed by atoms with E-state index in [0.29, 0.717) is 5.92 Å². The van der Waals surface area contributed by atoms with Crippen molar-refractivity contribution in [2.24, 2.45) is 0 Å². The molecule has 0 aliphatic rings.